The summed E-state index contributed by atoms with van der Waals surface area (Å²) in [6.07, 6.45) is 1.56. The predicted molar refractivity (Wildman–Crippen MR) is 102 cm³/mol. The minimum atomic E-state index is -0.452. The molecule has 1 amide bonds. The van der Waals surface area contributed by atoms with Crippen molar-refractivity contribution >= 4 is 40.4 Å². The molecule has 2 heterocycles. The zero-order chi connectivity index (χ0) is 19.2. The minimum Gasteiger partial charge on any atom is -0.484 e. The van der Waals surface area contributed by atoms with Gasteiger partial charge in [0.15, 0.2) is 6.61 Å². The number of hydrogen-bond acceptors (Lipinski definition) is 7. The molecule has 0 bridgehead atoms. The van der Waals surface area contributed by atoms with Crippen LogP contribution in [0.4, 0.5) is 0 Å². The number of esters is 1. The summed E-state index contributed by atoms with van der Waals surface area (Å²) in [6.45, 7) is 3.50. The van der Waals surface area contributed by atoms with Crippen molar-refractivity contribution < 1.29 is 23.5 Å². The molecule has 0 aliphatic rings. The van der Waals surface area contributed by atoms with Crippen molar-refractivity contribution in [3.8, 4) is 5.75 Å². The first-order valence-corrected chi connectivity index (χ1v) is 9.15. The molecular formula is C19H18N2O5S. The second kappa shape index (κ2) is 8.50. The first-order valence-electron chi connectivity index (χ1n) is 8.27. The van der Waals surface area contributed by atoms with Crippen molar-refractivity contribution in [1.82, 2.24) is 5.43 Å². The molecule has 0 saturated carbocycles. The zero-order valence-corrected chi connectivity index (χ0v) is 15.7. The molecule has 0 radical (unpaired) electrons. The molecule has 1 N–H and O–H groups in total. The standard InChI is InChI=1S/C19H18N2O5S/c1-3-24-19(23)18-12(2)26-16-7-6-13(9-15(16)18)25-11-17(22)21-20-10-14-5-4-8-27-14/h4-10H,3,11H2,1-2H3,(H,21,22)/b20-10-. The lowest BCUT2D eigenvalue weighted by Gasteiger charge is -2.05. The van der Waals surface area contributed by atoms with E-state index in [0.717, 1.165) is 4.88 Å². The van der Waals surface area contributed by atoms with E-state index >= 15 is 0 Å². The van der Waals surface area contributed by atoms with Gasteiger partial charge in [-0.2, -0.15) is 5.10 Å². The maximum atomic E-state index is 12.1. The number of aryl methyl sites for hydroxylation is 1. The number of fused-ring (bicyclic) bond motifs is 1. The third kappa shape index (κ3) is 4.53. The number of amides is 1. The number of hydrazone groups is 1. The van der Waals surface area contributed by atoms with Crippen LogP contribution in [0.2, 0.25) is 0 Å². The smallest absolute Gasteiger partial charge is 0.342 e. The first-order chi connectivity index (χ1) is 13.1. The van der Waals surface area contributed by atoms with E-state index in [2.05, 4.69) is 10.5 Å². The maximum Gasteiger partial charge on any atom is 0.342 e. The normalized spacial score (nSPS) is 11.0. The summed E-state index contributed by atoms with van der Waals surface area (Å²) < 4.78 is 16.1. The summed E-state index contributed by atoms with van der Waals surface area (Å²) in [6, 6.07) is 8.80. The molecule has 8 heteroatoms. The molecule has 3 rings (SSSR count). The van der Waals surface area contributed by atoms with Gasteiger partial charge >= 0.3 is 5.97 Å². The highest BCUT2D eigenvalue weighted by Crippen LogP contribution is 2.29. The van der Waals surface area contributed by atoms with Gasteiger partial charge in [0.1, 0.15) is 22.7 Å². The number of benzene rings is 1. The van der Waals surface area contributed by atoms with E-state index in [1.807, 2.05) is 17.5 Å². The molecule has 0 aliphatic heterocycles. The predicted octanol–water partition coefficient (Wildman–Crippen LogP) is 3.51. The van der Waals surface area contributed by atoms with Gasteiger partial charge in [-0.15, -0.1) is 11.3 Å². The molecule has 3 aromatic rings. The van der Waals surface area contributed by atoms with Crippen LogP contribution in [0.5, 0.6) is 5.75 Å². The molecule has 1 aromatic carbocycles. The topological polar surface area (TPSA) is 90.1 Å². The summed E-state index contributed by atoms with van der Waals surface area (Å²) >= 11 is 1.52. The van der Waals surface area contributed by atoms with Gasteiger partial charge in [-0.3, -0.25) is 4.79 Å². The Balaban J connectivity index is 1.65. The number of hydrogen-bond donors (Lipinski definition) is 1. The Bertz CT molecular complexity index is 976. The van der Waals surface area contributed by atoms with Crippen LogP contribution in [0.3, 0.4) is 0 Å². The molecule has 7 nitrogen and oxygen atoms in total. The molecule has 140 valence electrons. The highest BCUT2D eigenvalue weighted by molar-refractivity contribution is 7.11. The molecule has 0 saturated heterocycles. The number of carbonyl (C=O) groups is 2. The molecular weight excluding hydrogens is 368 g/mol. The molecule has 0 aliphatic carbocycles. The van der Waals surface area contributed by atoms with E-state index in [9.17, 15) is 9.59 Å². The van der Waals surface area contributed by atoms with E-state index in [1.165, 1.54) is 11.3 Å². The Hall–Kier alpha value is -3.13. The molecule has 0 fully saturated rings. The van der Waals surface area contributed by atoms with Crippen molar-refractivity contribution in [3.05, 3.63) is 51.9 Å². The second-order valence-corrected chi connectivity index (χ2v) is 6.49. The number of carbonyl (C=O) groups excluding carboxylic acids is 2. The number of nitrogens with one attached hydrogen (secondary N) is 1. The lowest BCUT2D eigenvalue weighted by Crippen LogP contribution is -2.24. The average molecular weight is 386 g/mol. The van der Waals surface area contributed by atoms with Gasteiger partial charge in [-0.25, -0.2) is 10.2 Å². The van der Waals surface area contributed by atoms with Gasteiger partial charge in [0.25, 0.3) is 5.91 Å². The van der Waals surface area contributed by atoms with Gasteiger partial charge in [0.2, 0.25) is 0 Å². The van der Waals surface area contributed by atoms with Gasteiger partial charge in [0, 0.05) is 10.3 Å². The van der Waals surface area contributed by atoms with E-state index in [-0.39, 0.29) is 13.2 Å². The second-order valence-electron chi connectivity index (χ2n) is 5.51. The van der Waals surface area contributed by atoms with Crippen molar-refractivity contribution in [2.45, 2.75) is 13.8 Å². The van der Waals surface area contributed by atoms with Crippen LogP contribution in [0.25, 0.3) is 11.0 Å². The fourth-order valence-electron chi connectivity index (χ4n) is 2.46. The van der Waals surface area contributed by atoms with Gasteiger partial charge in [-0.05, 0) is 43.5 Å². The molecule has 0 atom stereocenters. The van der Waals surface area contributed by atoms with Crippen LogP contribution >= 0.6 is 11.3 Å². The van der Waals surface area contributed by atoms with Crippen LogP contribution in [0, 0.1) is 6.92 Å². The Morgan fingerprint density at radius 1 is 1.33 bits per heavy atom. The zero-order valence-electron chi connectivity index (χ0n) is 14.9. The van der Waals surface area contributed by atoms with Crippen molar-refractivity contribution in [3.63, 3.8) is 0 Å². The highest BCUT2D eigenvalue weighted by Gasteiger charge is 2.20. The minimum absolute atomic E-state index is 0.209. The van der Waals surface area contributed by atoms with Crippen LogP contribution in [-0.2, 0) is 9.53 Å². The Kier molecular flexibility index (Phi) is 5.87. The van der Waals surface area contributed by atoms with Crippen molar-refractivity contribution in [2.24, 2.45) is 5.10 Å². The van der Waals surface area contributed by atoms with Crippen LogP contribution in [-0.4, -0.2) is 31.3 Å². The largest absolute Gasteiger partial charge is 0.484 e. The summed E-state index contributed by atoms with van der Waals surface area (Å²) in [5.74, 6) is 0.0657. The molecule has 27 heavy (non-hydrogen) atoms. The quantitative estimate of drug-likeness (QED) is 0.381. The van der Waals surface area contributed by atoms with Crippen molar-refractivity contribution in [2.75, 3.05) is 13.2 Å². The van der Waals surface area contributed by atoms with Crippen LogP contribution in [0.15, 0.2) is 45.2 Å². The van der Waals surface area contributed by atoms with Gasteiger partial charge < -0.3 is 13.9 Å². The molecule has 0 unspecified atom stereocenters. The third-order valence-electron chi connectivity index (χ3n) is 3.61. The number of ether oxygens (including phenoxy) is 2. The van der Waals surface area contributed by atoms with E-state index < -0.39 is 11.9 Å². The SMILES string of the molecule is CCOC(=O)c1c(C)oc2ccc(OCC(=O)N/N=C\c3cccs3)cc12. The Labute approximate surface area is 159 Å². The Morgan fingerprint density at radius 2 is 2.19 bits per heavy atom. The molecule has 0 spiro atoms. The first kappa shape index (κ1) is 18.7. The third-order valence-corrected chi connectivity index (χ3v) is 4.42. The van der Waals surface area contributed by atoms with E-state index in [4.69, 9.17) is 13.9 Å². The fraction of sp³-hybridized carbons (Fsp3) is 0.211. The fourth-order valence-corrected chi connectivity index (χ4v) is 3.04. The summed E-state index contributed by atoms with van der Waals surface area (Å²) in [4.78, 5) is 24.9. The summed E-state index contributed by atoms with van der Waals surface area (Å²) in [5, 5.41) is 6.37. The molecule has 2 aromatic heterocycles. The average Bonchev–Trinajstić information content (AvgIpc) is 3.26. The number of furan rings is 1. The summed E-state index contributed by atoms with van der Waals surface area (Å²) in [5.41, 5.74) is 3.31. The van der Waals surface area contributed by atoms with Gasteiger partial charge in [-0.1, -0.05) is 6.07 Å². The monoisotopic (exact) mass is 386 g/mol. The summed E-state index contributed by atoms with van der Waals surface area (Å²) in [7, 11) is 0. The lowest BCUT2D eigenvalue weighted by molar-refractivity contribution is -0.123. The van der Waals surface area contributed by atoms with Crippen molar-refractivity contribution in [1.29, 1.82) is 0 Å². The highest BCUT2D eigenvalue weighted by atomic mass is 32.1. The maximum absolute atomic E-state index is 12.1. The lowest BCUT2D eigenvalue weighted by atomic mass is 10.1. The number of nitrogens with zero attached hydrogens (tertiary/aromatic N) is 1. The van der Waals surface area contributed by atoms with E-state index in [1.54, 1.807) is 38.3 Å². The number of thiophene rings is 1. The number of rotatable bonds is 7. The Morgan fingerprint density at radius 3 is 2.93 bits per heavy atom. The van der Waals surface area contributed by atoms with E-state index in [0.29, 0.717) is 28.0 Å². The van der Waals surface area contributed by atoms with Crippen LogP contribution in [0.1, 0.15) is 27.9 Å². The van der Waals surface area contributed by atoms with Gasteiger partial charge in [0.05, 0.1) is 12.8 Å². The van der Waals surface area contributed by atoms with Crippen LogP contribution < -0.4 is 10.2 Å².